The molecular weight excluding hydrogens is 466 g/mol. The van der Waals surface area contributed by atoms with Gasteiger partial charge in [-0.3, -0.25) is 0 Å². The predicted octanol–water partition coefficient (Wildman–Crippen LogP) is 3.22. The van der Waals surface area contributed by atoms with Crippen molar-refractivity contribution in [2.75, 3.05) is 31.6 Å². The van der Waals surface area contributed by atoms with Gasteiger partial charge in [-0.2, -0.15) is 12.7 Å². The lowest BCUT2D eigenvalue weighted by atomic mass is 10.1. The number of amidine groups is 1. The summed E-state index contributed by atoms with van der Waals surface area (Å²) in [5.74, 6) is 1.15. The number of fused-ring (bicyclic) bond motifs is 1. The number of piperidine rings is 1. The van der Waals surface area contributed by atoms with E-state index in [0.717, 1.165) is 19.3 Å². The van der Waals surface area contributed by atoms with E-state index in [1.165, 1.54) is 22.5 Å². The van der Waals surface area contributed by atoms with Gasteiger partial charge in [0.05, 0.1) is 23.8 Å². The maximum Gasteiger partial charge on any atom is 0.286 e. The zero-order valence-electron chi connectivity index (χ0n) is 18.6. The molecule has 0 aromatic heterocycles. The number of hydrogen-bond acceptors (Lipinski definition) is 7. The van der Waals surface area contributed by atoms with E-state index in [2.05, 4.69) is 9.71 Å². The predicted molar refractivity (Wildman–Crippen MR) is 125 cm³/mol. The van der Waals surface area contributed by atoms with E-state index in [0.29, 0.717) is 43.4 Å². The van der Waals surface area contributed by atoms with Crippen molar-refractivity contribution >= 4 is 31.6 Å². The lowest BCUT2D eigenvalue weighted by molar-refractivity contribution is 0.287. The van der Waals surface area contributed by atoms with Crippen molar-refractivity contribution < 1.29 is 26.3 Å². The first kappa shape index (κ1) is 23.5. The lowest BCUT2D eigenvalue weighted by Gasteiger charge is -2.26. The summed E-state index contributed by atoms with van der Waals surface area (Å²) in [5.41, 5.74) is 0.769. The van der Waals surface area contributed by atoms with Gasteiger partial charge < -0.3 is 14.8 Å². The summed E-state index contributed by atoms with van der Waals surface area (Å²) >= 11 is 0. The molecule has 11 heteroatoms. The van der Waals surface area contributed by atoms with E-state index in [4.69, 9.17) is 9.47 Å². The molecule has 1 fully saturated rings. The summed E-state index contributed by atoms with van der Waals surface area (Å²) in [4.78, 5) is -0.216. The molecule has 0 saturated carbocycles. The standard InChI is InChI=1S/C22H27N3O6S2/c1-3-30-19-11-8-16(14-20(19)31-4-2)22-23-18-10-9-17(15-21(18)32(26,27)24-22)33(28,29)25-12-6-5-7-13-25/h8-11,14-15H,3-7,12-13H2,1-2H3,(H,23,24). The van der Waals surface area contributed by atoms with Gasteiger partial charge in [0, 0.05) is 18.7 Å². The van der Waals surface area contributed by atoms with Crippen molar-refractivity contribution in [1.82, 2.24) is 4.31 Å². The first-order valence-corrected chi connectivity index (χ1v) is 13.8. The van der Waals surface area contributed by atoms with Crippen molar-refractivity contribution in [3.05, 3.63) is 42.0 Å². The number of hydrogen-bond donors (Lipinski definition) is 1. The molecule has 0 bridgehead atoms. The minimum Gasteiger partial charge on any atom is -0.490 e. The Bertz CT molecular complexity index is 1280. The number of anilines is 1. The number of benzene rings is 2. The molecule has 2 aromatic rings. The quantitative estimate of drug-likeness (QED) is 0.630. The van der Waals surface area contributed by atoms with Gasteiger partial charge in [0.15, 0.2) is 17.3 Å². The highest BCUT2D eigenvalue weighted by atomic mass is 32.2. The summed E-state index contributed by atoms with van der Waals surface area (Å²) < 4.78 is 68.5. The molecule has 0 aliphatic carbocycles. The van der Waals surface area contributed by atoms with Crippen molar-refractivity contribution in [3.63, 3.8) is 0 Å². The highest BCUT2D eigenvalue weighted by Crippen LogP contribution is 2.34. The second-order valence-electron chi connectivity index (χ2n) is 7.69. The second-order valence-corrected chi connectivity index (χ2v) is 11.2. The van der Waals surface area contributed by atoms with Crippen LogP contribution in [0.5, 0.6) is 11.5 Å². The Balaban J connectivity index is 1.69. The third kappa shape index (κ3) is 4.71. The monoisotopic (exact) mass is 493 g/mol. The molecule has 1 saturated heterocycles. The number of ether oxygens (including phenoxy) is 2. The number of sulfonamides is 2. The van der Waals surface area contributed by atoms with E-state index < -0.39 is 20.0 Å². The smallest absolute Gasteiger partial charge is 0.286 e. The maximum atomic E-state index is 13.0. The van der Waals surface area contributed by atoms with Crippen molar-refractivity contribution in [3.8, 4) is 11.5 Å². The summed E-state index contributed by atoms with van der Waals surface area (Å²) in [6.07, 6.45) is 2.58. The zero-order valence-corrected chi connectivity index (χ0v) is 20.2. The van der Waals surface area contributed by atoms with Crippen molar-refractivity contribution in [2.45, 2.75) is 42.9 Å². The van der Waals surface area contributed by atoms with E-state index in [-0.39, 0.29) is 21.3 Å². The van der Waals surface area contributed by atoms with Crippen LogP contribution in [0.3, 0.4) is 0 Å². The second kappa shape index (κ2) is 9.32. The van der Waals surface area contributed by atoms with Crippen LogP contribution in [0.1, 0.15) is 38.7 Å². The number of nitrogens with one attached hydrogen (secondary N) is 1. The van der Waals surface area contributed by atoms with Gasteiger partial charge in [-0.1, -0.05) is 6.42 Å². The Morgan fingerprint density at radius 1 is 0.970 bits per heavy atom. The average molecular weight is 494 g/mol. The summed E-state index contributed by atoms with van der Waals surface area (Å²) in [5, 5.41) is 3.01. The Morgan fingerprint density at radius 3 is 2.36 bits per heavy atom. The highest BCUT2D eigenvalue weighted by Gasteiger charge is 2.31. The van der Waals surface area contributed by atoms with Crippen LogP contribution < -0.4 is 14.8 Å². The van der Waals surface area contributed by atoms with Gasteiger partial charge >= 0.3 is 0 Å². The van der Waals surface area contributed by atoms with Gasteiger partial charge in [-0.25, -0.2) is 8.42 Å². The van der Waals surface area contributed by atoms with Gasteiger partial charge in [0.25, 0.3) is 10.0 Å². The molecule has 1 N–H and O–H groups in total. The molecule has 178 valence electrons. The topological polar surface area (TPSA) is 114 Å². The van der Waals surface area contributed by atoms with Gasteiger partial charge in [0.2, 0.25) is 10.0 Å². The Kier molecular flexibility index (Phi) is 6.64. The SMILES string of the molecule is CCOc1ccc(C2=NS(=O)(=O)c3cc(S(=O)(=O)N4CCCCC4)ccc3N2)cc1OCC. The van der Waals surface area contributed by atoms with Crippen LogP contribution in [0.4, 0.5) is 5.69 Å². The normalized spacial score (nSPS) is 18.1. The molecule has 0 atom stereocenters. The van der Waals surface area contributed by atoms with Gasteiger partial charge in [0.1, 0.15) is 4.90 Å². The molecule has 33 heavy (non-hydrogen) atoms. The van der Waals surface area contributed by atoms with E-state index in [1.54, 1.807) is 18.2 Å². The van der Waals surface area contributed by atoms with Gasteiger partial charge in [-0.15, -0.1) is 4.40 Å². The van der Waals surface area contributed by atoms with Crippen LogP contribution in [0.2, 0.25) is 0 Å². The molecule has 4 rings (SSSR count). The van der Waals surface area contributed by atoms with Gasteiger partial charge in [-0.05, 0) is 63.1 Å². The summed E-state index contributed by atoms with van der Waals surface area (Å²) in [6.45, 7) is 5.45. The third-order valence-electron chi connectivity index (χ3n) is 5.47. The first-order chi connectivity index (χ1) is 15.8. The fourth-order valence-corrected chi connectivity index (χ4v) is 6.66. The Labute approximate surface area is 194 Å². The van der Waals surface area contributed by atoms with Crippen LogP contribution in [0.15, 0.2) is 50.6 Å². The zero-order chi connectivity index (χ0) is 23.6. The van der Waals surface area contributed by atoms with Crippen LogP contribution in [0, 0.1) is 0 Å². The van der Waals surface area contributed by atoms with Crippen LogP contribution >= 0.6 is 0 Å². The molecule has 0 radical (unpaired) electrons. The third-order valence-corrected chi connectivity index (χ3v) is 8.68. The molecule has 2 aliphatic heterocycles. The molecular formula is C22H27N3O6S2. The molecule has 0 unspecified atom stereocenters. The Morgan fingerprint density at radius 2 is 1.67 bits per heavy atom. The average Bonchev–Trinajstić information content (AvgIpc) is 2.80. The van der Waals surface area contributed by atoms with Crippen LogP contribution in [-0.4, -0.2) is 53.3 Å². The summed E-state index contributed by atoms with van der Waals surface area (Å²) in [7, 11) is -7.90. The Hall–Kier alpha value is -2.63. The summed E-state index contributed by atoms with van der Waals surface area (Å²) in [6, 6.07) is 9.13. The van der Waals surface area contributed by atoms with Crippen LogP contribution in [-0.2, 0) is 20.0 Å². The van der Waals surface area contributed by atoms with Crippen molar-refractivity contribution in [1.29, 1.82) is 0 Å². The van der Waals surface area contributed by atoms with Crippen LogP contribution in [0.25, 0.3) is 0 Å². The maximum absolute atomic E-state index is 13.0. The van der Waals surface area contributed by atoms with E-state index in [9.17, 15) is 16.8 Å². The lowest BCUT2D eigenvalue weighted by Crippen LogP contribution is -2.35. The first-order valence-electron chi connectivity index (χ1n) is 10.9. The highest BCUT2D eigenvalue weighted by molar-refractivity contribution is 7.91. The van der Waals surface area contributed by atoms with E-state index in [1.807, 2.05) is 13.8 Å². The molecule has 0 spiro atoms. The fourth-order valence-electron chi connectivity index (χ4n) is 3.88. The molecule has 0 amide bonds. The molecule has 2 aromatic carbocycles. The molecule has 2 aliphatic rings. The fraction of sp³-hybridized carbons (Fsp3) is 0.409. The number of rotatable bonds is 7. The minimum atomic E-state index is -4.13. The minimum absolute atomic E-state index is 0.0492. The molecule has 9 nitrogen and oxygen atoms in total. The largest absolute Gasteiger partial charge is 0.490 e. The van der Waals surface area contributed by atoms with Crippen molar-refractivity contribution in [2.24, 2.45) is 4.40 Å². The molecule has 2 heterocycles. The van der Waals surface area contributed by atoms with E-state index >= 15 is 0 Å². The number of nitrogens with zero attached hydrogens (tertiary/aromatic N) is 2.